The maximum atomic E-state index is 10.4. The van der Waals surface area contributed by atoms with E-state index >= 15 is 0 Å². The molecule has 0 saturated heterocycles. The monoisotopic (exact) mass is 151 g/mol. The van der Waals surface area contributed by atoms with Gasteiger partial charge in [-0.3, -0.25) is 4.79 Å². The molecule has 0 aliphatic heterocycles. The molecule has 0 aliphatic carbocycles. The van der Waals surface area contributed by atoms with Crippen molar-refractivity contribution in [3.8, 4) is 0 Å². The van der Waals surface area contributed by atoms with Crippen LogP contribution in [0.1, 0.15) is 13.3 Å². The molecule has 0 saturated carbocycles. The summed E-state index contributed by atoms with van der Waals surface area (Å²) >= 11 is 0. The second-order valence-electron chi connectivity index (χ2n) is 2.37. The van der Waals surface area contributed by atoms with Gasteiger partial charge in [-0.15, -0.1) is 0 Å². The lowest BCUT2D eigenvalue weighted by Crippen LogP contribution is -1.95. The molecule has 0 fully saturated rings. The standard InChI is InChI=1S/C8H14BNO/c1-3-7(6-11)4-8(9)5-10-2/h4-6,10H,3,9H2,1-2H3/b7-4-,8-5+. The molecular formula is C8H14BNO. The van der Waals surface area contributed by atoms with E-state index in [2.05, 4.69) is 5.32 Å². The van der Waals surface area contributed by atoms with Crippen LogP contribution < -0.4 is 5.32 Å². The predicted octanol–water partition coefficient (Wildman–Crippen LogP) is 0.216. The average molecular weight is 151 g/mol. The minimum absolute atomic E-state index is 0.790. The van der Waals surface area contributed by atoms with E-state index in [1.54, 1.807) is 0 Å². The van der Waals surface area contributed by atoms with Crippen LogP contribution in [0.5, 0.6) is 0 Å². The number of allylic oxidation sites excluding steroid dienone is 3. The summed E-state index contributed by atoms with van der Waals surface area (Å²) in [6.45, 7) is 1.97. The van der Waals surface area contributed by atoms with Gasteiger partial charge in [-0.1, -0.05) is 18.5 Å². The van der Waals surface area contributed by atoms with Gasteiger partial charge in [0.2, 0.25) is 0 Å². The number of hydrogen-bond acceptors (Lipinski definition) is 2. The maximum absolute atomic E-state index is 10.4. The summed E-state index contributed by atoms with van der Waals surface area (Å²) in [5.74, 6) is 0. The Morgan fingerprint density at radius 3 is 2.64 bits per heavy atom. The van der Waals surface area contributed by atoms with Crippen LogP contribution in [0.15, 0.2) is 23.3 Å². The third kappa shape index (κ3) is 4.42. The highest BCUT2D eigenvalue weighted by Gasteiger charge is 1.89. The molecule has 3 heteroatoms. The van der Waals surface area contributed by atoms with Gasteiger partial charge in [0.15, 0.2) is 0 Å². The molecule has 0 aromatic heterocycles. The fourth-order valence-electron chi connectivity index (χ4n) is 0.781. The van der Waals surface area contributed by atoms with Crippen LogP contribution in [0.3, 0.4) is 0 Å². The van der Waals surface area contributed by atoms with Gasteiger partial charge in [-0.25, -0.2) is 0 Å². The minimum atomic E-state index is 0.790. The summed E-state index contributed by atoms with van der Waals surface area (Å²) < 4.78 is 0. The predicted molar refractivity (Wildman–Crippen MR) is 50.1 cm³/mol. The van der Waals surface area contributed by atoms with Crippen molar-refractivity contribution in [2.45, 2.75) is 13.3 Å². The Labute approximate surface area is 68.8 Å². The third-order valence-corrected chi connectivity index (χ3v) is 1.34. The number of rotatable bonds is 4. The van der Waals surface area contributed by atoms with Crippen LogP contribution in [-0.4, -0.2) is 21.2 Å². The average Bonchev–Trinajstić information content (AvgIpc) is 2.01. The number of carbonyl (C=O) groups excluding carboxylic acids is 1. The van der Waals surface area contributed by atoms with Gasteiger partial charge in [-0.05, 0) is 18.2 Å². The van der Waals surface area contributed by atoms with Gasteiger partial charge >= 0.3 is 0 Å². The number of nitrogens with one attached hydrogen (secondary N) is 1. The van der Waals surface area contributed by atoms with Gasteiger partial charge in [0, 0.05) is 7.05 Å². The fourth-order valence-corrected chi connectivity index (χ4v) is 0.781. The van der Waals surface area contributed by atoms with Gasteiger partial charge in [0.05, 0.1) is 0 Å². The van der Waals surface area contributed by atoms with E-state index in [0.29, 0.717) is 0 Å². The van der Waals surface area contributed by atoms with Gasteiger partial charge < -0.3 is 5.32 Å². The molecule has 0 spiro atoms. The minimum Gasteiger partial charge on any atom is -0.394 e. The van der Waals surface area contributed by atoms with Crippen LogP contribution in [0.25, 0.3) is 0 Å². The Balaban J connectivity index is 4.25. The van der Waals surface area contributed by atoms with Crippen molar-refractivity contribution in [3.63, 3.8) is 0 Å². The highest BCUT2D eigenvalue weighted by molar-refractivity contribution is 6.23. The normalized spacial score (nSPS) is 12.9. The Hall–Kier alpha value is -0.985. The second kappa shape index (κ2) is 5.77. The first-order valence-electron chi connectivity index (χ1n) is 3.74. The molecule has 0 amide bonds. The summed E-state index contributed by atoms with van der Waals surface area (Å²) in [6.07, 6.45) is 5.42. The number of aldehydes is 1. The van der Waals surface area contributed by atoms with Crippen molar-refractivity contribution in [1.29, 1.82) is 0 Å². The van der Waals surface area contributed by atoms with Gasteiger partial charge in [0.1, 0.15) is 14.1 Å². The van der Waals surface area contributed by atoms with Crippen molar-refractivity contribution >= 4 is 14.1 Å². The van der Waals surface area contributed by atoms with E-state index < -0.39 is 0 Å². The number of hydrogen-bond donors (Lipinski definition) is 1. The number of carbonyl (C=O) groups is 1. The molecule has 60 valence electrons. The first-order valence-corrected chi connectivity index (χ1v) is 3.74. The molecule has 0 radical (unpaired) electrons. The molecular weight excluding hydrogens is 137 g/mol. The molecule has 0 rings (SSSR count). The summed E-state index contributed by atoms with van der Waals surface area (Å²) in [6, 6.07) is 0. The Kier molecular flexibility index (Phi) is 5.26. The van der Waals surface area contributed by atoms with Gasteiger partial charge in [0.25, 0.3) is 0 Å². The molecule has 0 heterocycles. The zero-order chi connectivity index (χ0) is 8.69. The van der Waals surface area contributed by atoms with Crippen LogP contribution in [0.2, 0.25) is 0 Å². The van der Waals surface area contributed by atoms with E-state index in [4.69, 9.17) is 0 Å². The second-order valence-corrected chi connectivity index (χ2v) is 2.37. The summed E-state index contributed by atoms with van der Waals surface area (Å²) in [5, 5.41) is 2.90. The van der Waals surface area contributed by atoms with E-state index in [-0.39, 0.29) is 0 Å². The Morgan fingerprint density at radius 2 is 2.27 bits per heavy atom. The highest BCUT2D eigenvalue weighted by Crippen LogP contribution is 1.99. The largest absolute Gasteiger partial charge is 0.394 e. The zero-order valence-electron chi connectivity index (χ0n) is 7.35. The van der Waals surface area contributed by atoms with E-state index in [9.17, 15) is 4.79 Å². The smallest absolute Gasteiger partial charge is 0.145 e. The van der Waals surface area contributed by atoms with E-state index in [1.807, 2.05) is 34.1 Å². The van der Waals surface area contributed by atoms with Crippen LogP contribution in [0, 0.1) is 0 Å². The summed E-state index contributed by atoms with van der Waals surface area (Å²) in [4.78, 5) is 10.4. The van der Waals surface area contributed by atoms with Crippen molar-refractivity contribution < 1.29 is 4.79 Å². The van der Waals surface area contributed by atoms with E-state index in [1.165, 1.54) is 0 Å². The first kappa shape index (κ1) is 10.0. The first-order chi connectivity index (χ1) is 5.24. The van der Waals surface area contributed by atoms with Crippen molar-refractivity contribution in [2.75, 3.05) is 7.05 Å². The summed E-state index contributed by atoms with van der Waals surface area (Å²) in [5.41, 5.74) is 1.89. The molecule has 2 nitrogen and oxygen atoms in total. The SMILES string of the molecule is BC(=C/NC)/C=C(\C=O)CC. The maximum Gasteiger partial charge on any atom is 0.145 e. The van der Waals surface area contributed by atoms with E-state index in [0.717, 1.165) is 23.8 Å². The molecule has 1 N–H and O–H groups in total. The van der Waals surface area contributed by atoms with Crippen molar-refractivity contribution in [1.82, 2.24) is 5.32 Å². The van der Waals surface area contributed by atoms with Crippen LogP contribution >= 0.6 is 0 Å². The van der Waals surface area contributed by atoms with Gasteiger partial charge in [-0.2, -0.15) is 0 Å². The quantitative estimate of drug-likeness (QED) is 0.269. The Bertz CT molecular complexity index is 185. The lowest BCUT2D eigenvalue weighted by atomic mass is 9.94. The molecule has 0 aliphatic rings. The molecule has 0 aromatic carbocycles. The molecule has 0 unspecified atom stereocenters. The summed E-state index contributed by atoms with van der Waals surface area (Å²) in [7, 11) is 3.79. The van der Waals surface area contributed by atoms with Crippen LogP contribution in [-0.2, 0) is 4.79 Å². The van der Waals surface area contributed by atoms with Crippen LogP contribution in [0.4, 0.5) is 0 Å². The lowest BCUT2D eigenvalue weighted by Gasteiger charge is -1.95. The van der Waals surface area contributed by atoms with Crippen molar-refractivity contribution in [3.05, 3.63) is 23.3 Å². The molecule has 0 bridgehead atoms. The fraction of sp³-hybridized carbons (Fsp3) is 0.375. The topological polar surface area (TPSA) is 29.1 Å². The lowest BCUT2D eigenvalue weighted by molar-refractivity contribution is -0.105. The molecule has 0 aromatic rings. The molecule has 0 atom stereocenters. The van der Waals surface area contributed by atoms with Crippen molar-refractivity contribution in [2.24, 2.45) is 0 Å². The third-order valence-electron chi connectivity index (χ3n) is 1.34. The Morgan fingerprint density at radius 1 is 1.64 bits per heavy atom. The zero-order valence-corrected chi connectivity index (χ0v) is 7.35. The molecule has 11 heavy (non-hydrogen) atoms. The highest BCUT2D eigenvalue weighted by atomic mass is 16.1.